The zero-order chi connectivity index (χ0) is 24.9. The van der Waals surface area contributed by atoms with Crippen LogP contribution in [0.4, 0.5) is 5.69 Å². The third-order valence-corrected chi connectivity index (χ3v) is 7.58. The zero-order valence-electron chi connectivity index (χ0n) is 20.1. The standard InChI is InChI=1S/C24H25N9OS/c1-14-12-31(15(2)19-5-6-20-23(29-19)35-16(3)27-20)9-10-32(14)21-18(11-26)24(34)30(4)33-13-17(7-8-25)28-22(21)33/h5-6,13-15H,7,9-10,12H2,1-4H3. The summed E-state index contributed by atoms with van der Waals surface area (Å²) in [6, 6.07) is 8.43. The Bertz CT molecular complexity index is 1590. The van der Waals surface area contributed by atoms with Crippen molar-refractivity contribution < 1.29 is 0 Å². The molecule has 0 radical (unpaired) electrons. The molecule has 10 nitrogen and oxygen atoms in total. The molecule has 0 aromatic carbocycles. The molecule has 5 heterocycles. The van der Waals surface area contributed by atoms with Crippen molar-refractivity contribution in [3.8, 4) is 12.1 Å². The van der Waals surface area contributed by atoms with Crippen LogP contribution in [-0.4, -0.2) is 54.7 Å². The van der Waals surface area contributed by atoms with Gasteiger partial charge in [0.2, 0.25) is 0 Å². The Kier molecular flexibility index (Phi) is 5.75. The van der Waals surface area contributed by atoms with Crippen LogP contribution in [0.5, 0.6) is 0 Å². The first-order chi connectivity index (χ1) is 16.8. The molecule has 0 N–H and O–H groups in total. The van der Waals surface area contributed by atoms with Crippen molar-refractivity contribution in [3.63, 3.8) is 0 Å². The summed E-state index contributed by atoms with van der Waals surface area (Å²) in [4.78, 5) is 32.4. The van der Waals surface area contributed by atoms with E-state index in [0.717, 1.165) is 34.1 Å². The average molecular weight is 488 g/mol. The summed E-state index contributed by atoms with van der Waals surface area (Å²) in [5.74, 6) is 0. The van der Waals surface area contributed by atoms with Gasteiger partial charge in [0.1, 0.15) is 27.7 Å². The number of aryl methyl sites for hydroxylation is 2. The molecule has 1 fully saturated rings. The van der Waals surface area contributed by atoms with Gasteiger partial charge >= 0.3 is 0 Å². The SMILES string of the molecule is Cc1nc2ccc(C(C)N3CCN(c4c(C#N)c(=O)n(C)n5cc(CC#N)nc45)C(C)C3)nc2s1. The molecule has 1 aliphatic rings. The van der Waals surface area contributed by atoms with E-state index in [1.165, 1.54) is 4.68 Å². The normalized spacial score (nSPS) is 17.5. The highest BCUT2D eigenvalue weighted by molar-refractivity contribution is 7.18. The molecule has 11 heteroatoms. The molecule has 4 aromatic rings. The molecular weight excluding hydrogens is 462 g/mol. The predicted octanol–water partition coefficient (Wildman–Crippen LogP) is 2.56. The lowest BCUT2D eigenvalue weighted by molar-refractivity contribution is 0.173. The maximum atomic E-state index is 13.0. The lowest BCUT2D eigenvalue weighted by Crippen LogP contribution is -2.53. The summed E-state index contributed by atoms with van der Waals surface area (Å²) in [5, 5.41) is 20.0. The number of nitrogens with zero attached hydrogens (tertiary/aromatic N) is 9. The number of nitriles is 2. The average Bonchev–Trinajstić information content (AvgIpc) is 3.43. The number of thiazole rings is 1. The van der Waals surface area contributed by atoms with Crippen molar-refractivity contribution in [2.45, 2.75) is 39.3 Å². The minimum atomic E-state index is -0.378. The highest BCUT2D eigenvalue weighted by Crippen LogP contribution is 2.31. The highest BCUT2D eigenvalue weighted by atomic mass is 32.1. The molecule has 2 unspecified atom stereocenters. The summed E-state index contributed by atoms with van der Waals surface area (Å²) in [7, 11) is 1.61. The lowest BCUT2D eigenvalue weighted by Gasteiger charge is -2.43. The minimum absolute atomic E-state index is 0.0275. The van der Waals surface area contributed by atoms with Crippen molar-refractivity contribution in [2.75, 3.05) is 24.5 Å². The van der Waals surface area contributed by atoms with Gasteiger partial charge in [-0.15, -0.1) is 0 Å². The van der Waals surface area contributed by atoms with Crippen molar-refractivity contribution >= 4 is 33.0 Å². The molecule has 0 amide bonds. The molecule has 0 aliphatic carbocycles. The van der Waals surface area contributed by atoms with E-state index in [0.29, 0.717) is 23.6 Å². The van der Waals surface area contributed by atoms with Crippen LogP contribution < -0.4 is 10.5 Å². The number of pyridine rings is 1. The second-order valence-corrected chi connectivity index (χ2v) is 10.1. The Morgan fingerprint density at radius 1 is 1.23 bits per heavy atom. The van der Waals surface area contributed by atoms with Crippen LogP contribution in [0, 0.1) is 29.6 Å². The van der Waals surface area contributed by atoms with Crippen LogP contribution in [0.2, 0.25) is 0 Å². The second-order valence-electron chi connectivity index (χ2n) is 8.91. The van der Waals surface area contributed by atoms with Gasteiger partial charge in [-0.1, -0.05) is 11.3 Å². The summed E-state index contributed by atoms with van der Waals surface area (Å²) < 4.78 is 3.01. The van der Waals surface area contributed by atoms with Crippen LogP contribution in [0.15, 0.2) is 23.1 Å². The van der Waals surface area contributed by atoms with Crippen molar-refractivity contribution in [1.29, 1.82) is 10.5 Å². The van der Waals surface area contributed by atoms with Gasteiger partial charge in [-0.25, -0.2) is 24.1 Å². The number of anilines is 1. The number of hydrogen-bond acceptors (Lipinski definition) is 9. The van der Waals surface area contributed by atoms with Crippen molar-refractivity contribution in [1.82, 2.24) is 29.0 Å². The minimum Gasteiger partial charge on any atom is -0.362 e. The quantitative estimate of drug-likeness (QED) is 0.431. The number of hydrogen-bond donors (Lipinski definition) is 0. The predicted molar refractivity (Wildman–Crippen MR) is 133 cm³/mol. The molecule has 0 saturated carbocycles. The number of fused-ring (bicyclic) bond motifs is 2. The summed E-state index contributed by atoms with van der Waals surface area (Å²) in [5.41, 5.74) is 3.26. The molecule has 35 heavy (non-hydrogen) atoms. The van der Waals surface area contributed by atoms with E-state index in [-0.39, 0.29) is 29.6 Å². The fraction of sp³-hybridized carbons (Fsp3) is 0.417. The van der Waals surface area contributed by atoms with Crippen LogP contribution in [-0.2, 0) is 13.5 Å². The zero-order valence-corrected chi connectivity index (χ0v) is 20.9. The molecule has 0 spiro atoms. The molecule has 1 aliphatic heterocycles. The molecule has 5 rings (SSSR count). The summed E-state index contributed by atoms with van der Waals surface area (Å²) in [6.45, 7) is 8.35. The van der Waals surface area contributed by atoms with Gasteiger partial charge in [-0.05, 0) is 32.9 Å². The van der Waals surface area contributed by atoms with E-state index in [4.69, 9.17) is 10.2 Å². The van der Waals surface area contributed by atoms with Gasteiger partial charge < -0.3 is 4.90 Å². The van der Waals surface area contributed by atoms with Crippen molar-refractivity contribution in [2.24, 2.45) is 7.05 Å². The Balaban J connectivity index is 1.47. The van der Waals surface area contributed by atoms with E-state index < -0.39 is 0 Å². The third-order valence-electron chi connectivity index (χ3n) is 6.70. The van der Waals surface area contributed by atoms with Gasteiger partial charge in [0.15, 0.2) is 5.65 Å². The fourth-order valence-electron chi connectivity index (χ4n) is 4.85. The van der Waals surface area contributed by atoms with E-state index in [9.17, 15) is 10.1 Å². The van der Waals surface area contributed by atoms with Crippen LogP contribution in [0.1, 0.15) is 41.8 Å². The Morgan fingerprint density at radius 2 is 2.03 bits per heavy atom. The van der Waals surface area contributed by atoms with Gasteiger partial charge in [-0.2, -0.15) is 10.5 Å². The third kappa shape index (κ3) is 3.83. The Morgan fingerprint density at radius 3 is 2.74 bits per heavy atom. The number of aromatic nitrogens is 5. The van der Waals surface area contributed by atoms with Crippen molar-refractivity contribution in [3.05, 3.63) is 50.6 Å². The largest absolute Gasteiger partial charge is 0.362 e. The molecule has 2 atom stereocenters. The smallest absolute Gasteiger partial charge is 0.285 e. The van der Waals surface area contributed by atoms with Gasteiger partial charge in [0.05, 0.1) is 35.1 Å². The maximum Gasteiger partial charge on any atom is 0.285 e. The van der Waals surface area contributed by atoms with Gasteiger partial charge in [0, 0.05) is 38.8 Å². The fourth-order valence-corrected chi connectivity index (χ4v) is 5.64. The van der Waals surface area contributed by atoms with E-state index >= 15 is 0 Å². The van der Waals surface area contributed by atoms with Crippen LogP contribution in [0.25, 0.3) is 16.0 Å². The Labute approximate surface area is 206 Å². The first-order valence-corrected chi connectivity index (χ1v) is 12.3. The molecular formula is C24H25N9OS. The maximum absolute atomic E-state index is 13.0. The Hall–Kier alpha value is -3.80. The first kappa shape index (κ1) is 23.0. The number of piperazine rings is 1. The van der Waals surface area contributed by atoms with E-state index in [1.54, 1.807) is 29.1 Å². The highest BCUT2D eigenvalue weighted by Gasteiger charge is 2.32. The topological polar surface area (TPSA) is 119 Å². The lowest BCUT2D eigenvalue weighted by atomic mass is 10.1. The monoisotopic (exact) mass is 487 g/mol. The van der Waals surface area contributed by atoms with Gasteiger partial charge in [0.25, 0.3) is 5.56 Å². The number of rotatable bonds is 4. The summed E-state index contributed by atoms with van der Waals surface area (Å²) >= 11 is 1.60. The van der Waals surface area contributed by atoms with Gasteiger partial charge in [-0.3, -0.25) is 9.69 Å². The van der Waals surface area contributed by atoms with E-state index in [2.05, 4.69) is 45.8 Å². The second kappa shape index (κ2) is 8.77. The molecule has 1 saturated heterocycles. The molecule has 0 bridgehead atoms. The number of imidazole rings is 1. The van der Waals surface area contributed by atoms with E-state index in [1.807, 2.05) is 19.1 Å². The molecule has 178 valence electrons. The molecule has 4 aromatic heterocycles. The van der Waals surface area contributed by atoms with Crippen LogP contribution >= 0.6 is 11.3 Å². The first-order valence-electron chi connectivity index (χ1n) is 11.5. The van der Waals surface area contributed by atoms with Crippen LogP contribution in [0.3, 0.4) is 0 Å². The summed E-state index contributed by atoms with van der Waals surface area (Å²) in [6.07, 6.45) is 1.82.